The Morgan fingerprint density at radius 1 is 0.246 bits per heavy atom. The fourth-order valence-electron chi connectivity index (χ4n) is 13.6. The lowest BCUT2D eigenvalue weighted by Gasteiger charge is -2.31. The number of hydrogen-bond acceptors (Lipinski definition) is 0. The van der Waals surface area contributed by atoms with Gasteiger partial charge in [-0.3, -0.25) is 0 Å². The van der Waals surface area contributed by atoms with Crippen molar-refractivity contribution >= 4 is 21.5 Å². The lowest BCUT2D eigenvalue weighted by molar-refractivity contribution is 0.490. The molecule has 0 amide bonds. The van der Waals surface area contributed by atoms with E-state index in [0.717, 1.165) is 25.7 Å². The number of benzene rings is 10. The van der Waals surface area contributed by atoms with Crippen LogP contribution in [0.25, 0.3) is 99.4 Å². The Morgan fingerprint density at radius 2 is 0.522 bits per heavy atom. The highest BCUT2D eigenvalue weighted by molar-refractivity contribution is 5.95. The Morgan fingerprint density at radius 3 is 0.942 bits per heavy atom. The molecule has 3 aliphatic rings. The van der Waals surface area contributed by atoms with Crippen LogP contribution in [0.1, 0.15) is 101 Å². The first-order chi connectivity index (χ1) is 33.7. The van der Waals surface area contributed by atoms with E-state index in [0.29, 0.717) is 0 Å². The number of fused-ring (bicyclic) bond motifs is 11. The van der Waals surface area contributed by atoms with Crippen LogP contribution < -0.4 is 0 Å². The zero-order valence-corrected chi connectivity index (χ0v) is 40.8. The van der Waals surface area contributed by atoms with Crippen LogP contribution in [0, 0.1) is 0 Å². The third-order valence-corrected chi connectivity index (χ3v) is 17.6. The summed E-state index contributed by atoms with van der Waals surface area (Å²) in [5.74, 6) is 0. The molecule has 0 unspecified atom stereocenters. The van der Waals surface area contributed by atoms with Crippen LogP contribution in [0.4, 0.5) is 0 Å². The second-order valence-electron chi connectivity index (χ2n) is 20.9. The van der Waals surface area contributed by atoms with E-state index >= 15 is 0 Å². The third kappa shape index (κ3) is 6.01. The van der Waals surface area contributed by atoms with E-state index in [1.165, 1.54) is 133 Å². The SMILES string of the molecule is CCC1(CC)c2ccccc2-c2ccc(-c3ccc4c(c3)C(CC)(CC)c3cc(-c5ccc6c(c5)C(C)(C)c5cc(-c7ccc8cc(-c9ccc%10ccccc%10c9)ccc8c7)ccc5-6)ccc3-4)cc21. The van der Waals surface area contributed by atoms with Gasteiger partial charge in [-0.15, -0.1) is 0 Å². The molecule has 0 fully saturated rings. The van der Waals surface area contributed by atoms with E-state index in [1.807, 2.05) is 0 Å². The Kier molecular flexibility index (Phi) is 9.32. The maximum Gasteiger partial charge on any atom is 0.0210 e. The molecule has 0 saturated heterocycles. The normalized spacial score (nSPS) is 15.1. The first-order valence-corrected chi connectivity index (χ1v) is 25.6. The van der Waals surface area contributed by atoms with Crippen molar-refractivity contribution in [2.45, 2.75) is 83.5 Å². The summed E-state index contributed by atoms with van der Waals surface area (Å²) < 4.78 is 0. The quantitative estimate of drug-likeness (QED) is 0.143. The molecular formula is C69H58. The minimum Gasteiger partial charge on any atom is -0.0642 e. The molecule has 334 valence electrons. The zero-order chi connectivity index (χ0) is 46.8. The number of hydrogen-bond donors (Lipinski definition) is 0. The first kappa shape index (κ1) is 41.9. The van der Waals surface area contributed by atoms with Crippen LogP contribution in [0.3, 0.4) is 0 Å². The van der Waals surface area contributed by atoms with Crippen LogP contribution in [0.15, 0.2) is 194 Å². The van der Waals surface area contributed by atoms with E-state index in [2.05, 4.69) is 236 Å². The van der Waals surface area contributed by atoms with E-state index in [4.69, 9.17) is 0 Å². The summed E-state index contributed by atoms with van der Waals surface area (Å²) in [5.41, 5.74) is 27.2. The van der Waals surface area contributed by atoms with Gasteiger partial charge in [0.2, 0.25) is 0 Å². The number of rotatable bonds is 8. The maximum absolute atomic E-state index is 2.55. The fourth-order valence-corrected chi connectivity index (χ4v) is 13.6. The zero-order valence-electron chi connectivity index (χ0n) is 40.8. The van der Waals surface area contributed by atoms with Crippen molar-refractivity contribution in [2.24, 2.45) is 0 Å². The van der Waals surface area contributed by atoms with Gasteiger partial charge < -0.3 is 0 Å². The minimum absolute atomic E-state index is 0.0504. The van der Waals surface area contributed by atoms with Crippen molar-refractivity contribution in [1.82, 2.24) is 0 Å². The Balaban J connectivity index is 0.808. The van der Waals surface area contributed by atoms with Gasteiger partial charge in [0.25, 0.3) is 0 Å². The van der Waals surface area contributed by atoms with Gasteiger partial charge in [-0.2, -0.15) is 0 Å². The van der Waals surface area contributed by atoms with Crippen molar-refractivity contribution in [2.75, 3.05) is 0 Å². The molecule has 10 aromatic rings. The van der Waals surface area contributed by atoms with Crippen molar-refractivity contribution in [3.8, 4) is 77.9 Å². The van der Waals surface area contributed by atoms with E-state index in [-0.39, 0.29) is 16.2 Å². The highest BCUT2D eigenvalue weighted by Gasteiger charge is 2.43. The van der Waals surface area contributed by atoms with E-state index in [9.17, 15) is 0 Å². The smallest absolute Gasteiger partial charge is 0.0210 e. The van der Waals surface area contributed by atoms with Gasteiger partial charge in [0.05, 0.1) is 0 Å². The van der Waals surface area contributed by atoms with Crippen molar-refractivity contribution in [3.63, 3.8) is 0 Å². The minimum atomic E-state index is -0.142. The second kappa shape index (κ2) is 15.4. The van der Waals surface area contributed by atoms with Crippen LogP contribution in [-0.2, 0) is 16.2 Å². The van der Waals surface area contributed by atoms with Gasteiger partial charge in [0, 0.05) is 16.2 Å². The van der Waals surface area contributed by atoms with Gasteiger partial charge >= 0.3 is 0 Å². The summed E-state index contributed by atoms with van der Waals surface area (Å²) in [6.45, 7) is 14.4. The molecule has 0 heteroatoms. The Labute approximate surface area is 408 Å². The first-order valence-electron chi connectivity index (χ1n) is 25.6. The standard InChI is InChI=1S/C69H58/c1-7-68(8-2)61-18-14-13-17-55(61)58-32-27-53(40-64(58)68)54-29-34-60-59-33-28-52(41-65(59)69(9-3,10-4)66(60)42-54)51-26-31-57-56-30-25-50(38-62(56)67(5,6)63(57)39-51)49-24-23-47-36-46(21-22-48(47)37-49)45-20-19-43-15-11-12-16-44(43)35-45/h11-42H,7-10H2,1-6H3. The molecule has 3 aliphatic carbocycles. The van der Waals surface area contributed by atoms with Crippen LogP contribution in [0.5, 0.6) is 0 Å². The Bertz CT molecular complexity index is 3750. The highest BCUT2D eigenvalue weighted by atomic mass is 14.5. The average Bonchev–Trinajstić information content (AvgIpc) is 3.94. The molecule has 0 heterocycles. The third-order valence-electron chi connectivity index (χ3n) is 17.6. The van der Waals surface area contributed by atoms with Gasteiger partial charge in [0.15, 0.2) is 0 Å². The molecule has 0 radical (unpaired) electrons. The van der Waals surface area contributed by atoms with Crippen LogP contribution in [-0.4, -0.2) is 0 Å². The molecule has 10 aromatic carbocycles. The summed E-state index contributed by atoms with van der Waals surface area (Å²) in [4.78, 5) is 0. The molecule has 0 bridgehead atoms. The predicted molar refractivity (Wildman–Crippen MR) is 294 cm³/mol. The molecule has 13 rings (SSSR count). The summed E-state index contributed by atoms with van der Waals surface area (Å²) in [7, 11) is 0. The molecule has 69 heavy (non-hydrogen) atoms. The van der Waals surface area contributed by atoms with Gasteiger partial charge in [0.1, 0.15) is 0 Å². The molecule has 0 nitrogen and oxygen atoms in total. The lowest BCUT2D eigenvalue weighted by Crippen LogP contribution is -2.23. The van der Waals surface area contributed by atoms with Gasteiger partial charge in [-0.1, -0.05) is 187 Å². The maximum atomic E-state index is 2.55. The largest absolute Gasteiger partial charge is 0.0642 e. The molecule has 0 N–H and O–H groups in total. The summed E-state index contributed by atoms with van der Waals surface area (Å²) in [6.07, 6.45) is 4.32. The molecule has 0 aromatic heterocycles. The molecule has 0 atom stereocenters. The second-order valence-corrected chi connectivity index (χ2v) is 20.9. The molecular weight excluding hydrogens is 829 g/mol. The molecule has 0 saturated carbocycles. The molecule has 0 spiro atoms. The topological polar surface area (TPSA) is 0 Å². The van der Waals surface area contributed by atoms with Gasteiger partial charge in [-0.05, 0) is 207 Å². The Hall–Kier alpha value is -7.28. The predicted octanol–water partition coefficient (Wildman–Crippen LogP) is 19.1. The van der Waals surface area contributed by atoms with Crippen LogP contribution >= 0.6 is 0 Å². The molecule has 0 aliphatic heterocycles. The highest BCUT2D eigenvalue weighted by Crippen LogP contribution is 2.57. The van der Waals surface area contributed by atoms with Crippen LogP contribution in [0.2, 0.25) is 0 Å². The summed E-state index contributed by atoms with van der Waals surface area (Å²) >= 11 is 0. The van der Waals surface area contributed by atoms with Crippen molar-refractivity contribution < 1.29 is 0 Å². The monoisotopic (exact) mass is 886 g/mol. The summed E-state index contributed by atoms with van der Waals surface area (Å²) in [6, 6.07) is 74.8. The van der Waals surface area contributed by atoms with Crippen molar-refractivity contribution in [1.29, 1.82) is 0 Å². The lowest BCUT2D eigenvalue weighted by atomic mass is 9.72. The van der Waals surface area contributed by atoms with E-state index < -0.39 is 0 Å². The summed E-state index contributed by atoms with van der Waals surface area (Å²) in [5, 5.41) is 5.07. The van der Waals surface area contributed by atoms with Gasteiger partial charge in [-0.25, -0.2) is 0 Å². The van der Waals surface area contributed by atoms with E-state index in [1.54, 1.807) is 0 Å². The fraction of sp³-hybridized carbons (Fsp3) is 0.188. The van der Waals surface area contributed by atoms with Crippen molar-refractivity contribution in [3.05, 3.63) is 228 Å². The average molecular weight is 887 g/mol.